The average Bonchev–Trinajstić information content (AvgIpc) is 2.27. The third-order valence-corrected chi connectivity index (χ3v) is 4.24. The highest BCUT2D eigenvalue weighted by molar-refractivity contribution is 4.93. The summed E-state index contributed by atoms with van der Waals surface area (Å²) in [6.45, 7) is 7.43. The van der Waals surface area contributed by atoms with Gasteiger partial charge in [-0.15, -0.1) is 0 Å². The third-order valence-electron chi connectivity index (χ3n) is 4.24. The van der Waals surface area contributed by atoms with Gasteiger partial charge in [0.1, 0.15) is 6.10 Å². The molecule has 2 rings (SSSR count). The number of hydrogen-bond donors (Lipinski definition) is 1. The van der Waals surface area contributed by atoms with Gasteiger partial charge in [0.15, 0.2) is 0 Å². The molecular formula is C15H28O3. The Morgan fingerprint density at radius 2 is 1.72 bits per heavy atom. The summed E-state index contributed by atoms with van der Waals surface area (Å²) in [5, 5.41) is 9.73. The summed E-state index contributed by atoms with van der Waals surface area (Å²) < 4.78 is 11.8. The number of aliphatic hydroxyl groups is 1. The van der Waals surface area contributed by atoms with E-state index in [1.165, 1.54) is 6.42 Å². The largest absolute Gasteiger partial charge is 0.390 e. The van der Waals surface area contributed by atoms with E-state index in [0.717, 1.165) is 44.1 Å². The van der Waals surface area contributed by atoms with Crippen molar-refractivity contribution in [2.45, 2.75) is 77.3 Å². The first-order chi connectivity index (χ1) is 8.60. The minimum Gasteiger partial charge on any atom is -0.390 e. The molecule has 2 fully saturated rings. The summed E-state index contributed by atoms with van der Waals surface area (Å²) in [4.78, 5) is 0. The molecule has 18 heavy (non-hydrogen) atoms. The maximum atomic E-state index is 9.73. The second kappa shape index (κ2) is 6.36. The molecule has 0 aromatic heterocycles. The van der Waals surface area contributed by atoms with Crippen LogP contribution in [0.4, 0.5) is 0 Å². The van der Waals surface area contributed by atoms with Crippen LogP contribution in [0.15, 0.2) is 0 Å². The molecule has 0 aromatic carbocycles. The maximum Gasteiger partial charge on any atom is 0.110 e. The van der Waals surface area contributed by atoms with Crippen LogP contribution in [-0.2, 0) is 9.47 Å². The SMILES string of the molecule is CCCOC1C(O)CC1OC1CC(C)CC(C)C1. The fraction of sp³-hybridized carbons (Fsp3) is 1.00. The fourth-order valence-electron chi connectivity index (χ4n) is 3.39. The molecule has 5 unspecified atom stereocenters. The standard InChI is InChI=1S/C15H28O3/c1-4-5-17-15-13(16)9-14(15)18-12-7-10(2)6-11(3)8-12/h10-16H,4-9H2,1-3H3. The summed E-state index contributed by atoms with van der Waals surface area (Å²) in [7, 11) is 0. The average molecular weight is 256 g/mol. The van der Waals surface area contributed by atoms with Crippen LogP contribution in [0.25, 0.3) is 0 Å². The van der Waals surface area contributed by atoms with Crippen molar-refractivity contribution in [2.24, 2.45) is 11.8 Å². The molecule has 0 amide bonds. The Balaban J connectivity index is 1.78. The van der Waals surface area contributed by atoms with Gasteiger partial charge in [-0.2, -0.15) is 0 Å². The topological polar surface area (TPSA) is 38.7 Å². The van der Waals surface area contributed by atoms with Crippen molar-refractivity contribution in [3.63, 3.8) is 0 Å². The van der Waals surface area contributed by atoms with Crippen LogP contribution in [0.1, 0.15) is 52.9 Å². The summed E-state index contributed by atoms with van der Waals surface area (Å²) in [5.41, 5.74) is 0. The maximum absolute atomic E-state index is 9.73. The second-order valence-electron chi connectivity index (χ2n) is 6.35. The van der Waals surface area contributed by atoms with Gasteiger partial charge in [-0.1, -0.05) is 20.8 Å². The van der Waals surface area contributed by atoms with E-state index in [1.54, 1.807) is 0 Å². The van der Waals surface area contributed by atoms with Crippen molar-refractivity contribution in [1.29, 1.82) is 0 Å². The molecule has 3 nitrogen and oxygen atoms in total. The molecule has 2 aliphatic rings. The molecule has 0 bridgehead atoms. The zero-order valence-corrected chi connectivity index (χ0v) is 12.0. The van der Waals surface area contributed by atoms with Crippen LogP contribution in [0, 0.1) is 11.8 Å². The minimum atomic E-state index is -0.319. The van der Waals surface area contributed by atoms with E-state index in [1.807, 2.05) is 0 Å². The van der Waals surface area contributed by atoms with Crippen molar-refractivity contribution in [2.75, 3.05) is 6.61 Å². The first-order valence-electron chi connectivity index (χ1n) is 7.55. The lowest BCUT2D eigenvalue weighted by Gasteiger charge is -2.44. The lowest BCUT2D eigenvalue weighted by molar-refractivity contribution is -0.213. The number of rotatable bonds is 5. The predicted octanol–water partition coefficient (Wildman–Crippen LogP) is 2.76. The van der Waals surface area contributed by atoms with Crippen molar-refractivity contribution >= 4 is 0 Å². The molecule has 106 valence electrons. The van der Waals surface area contributed by atoms with E-state index in [0.29, 0.717) is 6.10 Å². The molecule has 0 aliphatic heterocycles. The highest BCUT2D eigenvalue weighted by atomic mass is 16.6. The van der Waals surface area contributed by atoms with Gasteiger partial charge in [0.05, 0.1) is 18.3 Å². The van der Waals surface area contributed by atoms with Gasteiger partial charge < -0.3 is 14.6 Å². The predicted molar refractivity (Wildman–Crippen MR) is 71.5 cm³/mol. The molecule has 5 atom stereocenters. The van der Waals surface area contributed by atoms with Gasteiger partial charge in [0, 0.05) is 13.0 Å². The van der Waals surface area contributed by atoms with Gasteiger partial charge in [0.25, 0.3) is 0 Å². The van der Waals surface area contributed by atoms with Crippen LogP contribution < -0.4 is 0 Å². The van der Waals surface area contributed by atoms with Gasteiger partial charge in [-0.05, 0) is 37.5 Å². The van der Waals surface area contributed by atoms with Crippen molar-refractivity contribution in [3.05, 3.63) is 0 Å². The minimum absolute atomic E-state index is 0.0857. The molecule has 0 aromatic rings. The van der Waals surface area contributed by atoms with E-state index in [9.17, 15) is 5.11 Å². The number of hydrogen-bond acceptors (Lipinski definition) is 3. The lowest BCUT2D eigenvalue weighted by Crippen LogP contribution is -2.55. The smallest absolute Gasteiger partial charge is 0.110 e. The summed E-state index contributed by atoms with van der Waals surface area (Å²) in [5.74, 6) is 1.53. The first kappa shape index (κ1) is 14.3. The van der Waals surface area contributed by atoms with E-state index < -0.39 is 0 Å². The van der Waals surface area contributed by atoms with Gasteiger partial charge in [-0.25, -0.2) is 0 Å². The fourth-order valence-corrected chi connectivity index (χ4v) is 3.39. The number of aliphatic hydroxyl groups excluding tert-OH is 1. The molecular weight excluding hydrogens is 228 g/mol. The third kappa shape index (κ3) is 3.46. The molecule has 3 heteroatoms. The molecule has 0 radical (unpaired) electrons. The molecule has 2 aliphatic carbocycles. The second-order valence-corrected chi connectivity index (χ2v) is 6.35. The van der Waals surface area contributed by atoms with Crippen molar-refractivity contribution in [3.8, 4) is 0 Å². The van der Waals surface area contributed by atoms with E-state index in [4.69, 9.17) is 9.47 Å². The Hall–Kier alpha value is -0.120. The highest BCUT2D eigenvalue weighted by Crippen LogP contribution is 2.35. The van der Waals surface area contributed by atoms with E-state index in [2.05, 4.69) is 20.8 Å². The van der Waals surface area contributed by atoms with Crippen molar-refractivity contribution in [1.82, 2.24) is 0 Å². The Bertz CT molecular complexity index is 246. The Labute approximate surface area is 111 Å². The molecule has 0 spiro atoms. The van der Waals surface area contributed by atoms with E-state index >= 15 is 0 Å². The molecule has 0 saturated heterocycles. The summed E-state index contributed by atoms with van der Waals surface area (Å²) >= 11 is 0. The zero-order chi connectivity index (χ0) is 13.1. The number of ether oxygens (including phenoxy) is 2. The van der Waals surface area contributed by atoms with Crippen LogP contribution in [0.3, 0.4) is 0 Å². The Morgan fingerprint density at radius 1 is 1.06 bits per heavy atom. The molecule has 0 heterocycles. The Kier molecular flexibility index (Phi) is 5.05. The molecule has 1 N–H and O–H groups in total. The quantitative estimate of drug-likeness (QED) is 0.822. The normalized spacial score (nSPS) is 44.7. The van der Waals surface area contributed by atoms with Crippen molar-refractivity contribution < 1.29 is 14.6 Å². The van der Waals surface area contributed by atoms with Crippen LogP contribution in [0.2, 0.25) is 0 Å². The van der Waals surface area contributed by atoms with Crippen LogP contribution in [0.5, 0.6) is 0 Å². The highest BCUT2D eigenvalue weighted by Gasteiger charge is 2.43. The monoisotopic (exact) mass is 256 g/mol. The van der Waals surface area contributed by atoms with Gasteiger partial charge >= 0.3 is 0 Å². The van der Waals surface area contributed by atoms with E-state index in [-0.39, 0.29) is 18.3 Å². The van der Waals surface area contributed by atoms with Gasteiger partial charge in [-0.3, -0.25) is 0 Å². The summed E-state index contributed by atoms with van der Waals surface area (Å²) in [6.07, 6.45) is 5.47. The zero-order valence-electron chi connectivity index (χ0n) is 12.0. The first-order valence-corrected chi connectivity index (χ1v) is 7.55. The van der Waals surface area contributed by atoms with Crippen LogP contribution in [-0.4, -0.2) is 36.1 Å². The van der Waals surface area contributed by atoms with Crippen LogP contribution >= 0.6 is 0 Å². The lowest BCUT2D eigenvalue weighted by atomic mass is 9.81. The van der Waals surface area contributed by atoms with Gasteiger partial charge in [0.2, 0.25) is 0 Å². The molecule has 2 saturated carbocycles. The Morgan fingerprint density at radius 3 is 2.28 bits per heavy atom. The summed E-state index contributed by atoms with van der Waals surface area (Å²) in [6, 6.07) is 0.